The van der Waals surface area contributed by atoms with Crippen LogP contribution in [0.2, 0.25) is 0 Å². The fraction of sp³-hybridized carbons (Fsp3) is 0.500. The van der Waals surface area contributed by atoms with E-state index in [0.29, 0.717) is 41.6 Å². The number of rotatable bonds is 8. The molecule has 0 bridgehead atoms. The highest BCUT2D eigenvalue weighted by Gasteiger charge is 2.29. The minimum absolute atomic E-state index is 0.0744. The van der Waals surface area contributed by atoms with Crippen LogP contribution in [-0.2, 0) is 4.79 Å². The summed E-state index contributed by atoms with van der Waals surface area (Å²) in [7, 11) is 0. The second-order valence-electron chi connectivity index (χ2n) is 6.05. The summed E-state index contributed by atoms with van der Waals surface area (Å²) in [6.07, 6.45) is 2.19. The van der Waals surface area contributed by atoms with Crippen LogP contribution in [-0.4, -0.2) is 51.3 Å². The molecule has 4 rings (SSSR count). The van der Waals surface area contributed by atoms with E-state index in [9.17, 15) is 4.79 Å². The molecule has 138 valence electrons. The molecule has 1 unspecified atom stereocenters. The fourth-order valence-corrected chi connectivity index (χ4v) is 3.36. The van der Waals surface area contributed by atoms with Crippen molar-refractivity contribution in [3.05, 3.63) is 18.2 Å². The van der Waals surface area contributed by atoms with Gasteiger partial charge in [0.1, 0.15) is 12.4 Å². The lowest BCUT2D eigenvalue weighted by molar-refractivity contribution is -0.120. The summed E-state index contributed by atoms with van der Waals surface area (Å²) >= 11 is 1.36. The van der Waals surface area contributed by atoms with E-state index < -0.39 is 0 Å². The van der Waals surface area contributed by atoms with Crippen molar-refractivity contribution >= 4 is 17.7 Å². The van der Waals surface area contributed by atoms with Crippen molar-refractivity contribution in [2.75, 3.05) is 19.9 Å². The molecule has 0 spiro atoms. The van der Waals surface area contributed by atoms with Gasteiger partial charge in [0.2, 0.25) is 17.9 Å². The van der Waals surface area contributed by atoms with Crippen LogP contribution >= 0.6 is 11.8 Å². The van der Waals surface area contributed by atoms with Gasteiger partial charge in [0, 0.05) is 6.07 Å². The van der Waals surface area contributed by atoms with E-state index in [-0.39, 0.29) is 18.0 Å². The van der Waals surface area contributed by atoms with E-state index in [2.05, 4.69) is 20.8 Å². The zero-order valence-corrected chi connectivity index (χ0v) is 15.1. The van der Waals surface area contributed by atoms with Crippen LogP contribution in [0.4, 0.5) is 0 Å². The Morgan fingerprint density at radius 1 is 1.42 bits per heavy atom. The topological polar surface area (TPSA) is 100 Å². The lowest BCUT2D eigenvalue weighted by Crippen LogP contribution is -2.34. The van der Waals surface area contributed by atoms with Crippen molar-refractivity contribution in [3.63, 3.8) is 0 Å². The number of aromatic nitrogens is 4. The molecule has 2 heterocycles. The third-order valence-corrected chi connectivity index (χ3v) is 5.07. The molecule has 1 aromatic carbocycles. The quantitative estimate of drug-likeness (QED) is 0.544. The van der Waals surface area contributed by atoms with Crippen molar-refractivity contribution in [2.45, 2.75) is 36.2 Å². The number of carbonyl (C=O) groups excluding carboxylic acids is 1. The van der Waals surface area contributed by atoms with Crippen LogP contribution in [0.1, 0.15) is 25.8 Å². The summed E-state index contributed by atoms with van der Waals surface area (Å²) < 4.78 is 18.0. The highest BCUT2D eigenvalue weighted by molar-refractivity contribution is 8.00. The van der Waals surface area contributed by atoms with E-state index in [4.69, 9.17) is 14.2 Å². The van der Waals surface area contributed by atoms with Crippen molar-refractivity contribution < 1.29 is 19.0 Å². The lowest BCUT2D eigenvalue weighted by Gasteiger charge is -2.12. The molecule has 0 saturated heterocycles. The Kier molecular flexibility index (Phi) is 4.83. The van der Waals surface area contributed by atoms with Crippen LogP contribution in [0, 0.1) is 0 Å². The number of hydrogen-bond donors (Lipinski definition) is 1. The average Bonchev–Trinajstić information content (AvgIpc) is 3.20. The van der Waals surface area contributed by atoms with Crippen molar-refractivity contribution in [1.82, 2.24) is 25.5 Å². The largest absolute Gasteiger partial charge is 0.492 e. The highest BCUT2D eigenvalue weighted by atomic mass is 32.2. The van der Waals surface area contributed by atoms with Crippen LogP contribution in [0.15, 0.2) is 23.4 Å². The normalized spacial score (nSPS) is 16.3. The van der Waals surface area contributed by atoms with Gasteiger partial charge in [-0.3, -0.25) is 4.79 Å². The predicted octanol–water partition coefficient (Wildman–Crippen LogP) is 1.41. The SMILES string of the molecule is CC(Sc1nnnn1C1CC1)C(=O)NCCOc1ccc2c(c1)OCO2. The average molecular weight is 377 g/mol. The minimum Gasteiger partial charge on any atom is -0.492 e. The van der Waals surface area contributed by atoms with Crippen molar-refractivity contribution in [1.29, 1.82) is 0 Å². The Bertz CT molecular complexity index is 795. The first-order chi connectivity index (χ1) is 12.7. The number of nitrogens with one attached hydrogen (secondary N) is 1. The smallest absolute Gasteiger partial charge is 0.233 e. The molecule has 26 heavy (non-hydrogen) atoms. The molecule has 1 aromatic heterocycles. The number of nitrogens with zero attached hydrogens (tertiary/aromatic N) is 4. The molecule has 2 aliphatic rings. The maximum Gasteiger partial charge on any atom is 0.233 e. The highest BCUT2D eigenvalue weighted by Crippen LogP contribution is 2.37. The third kappa shape index (κ3) is 3.85. The van der Waals surface area contributed by atoms with Gasteiger partial charge in [-0.05, 0) is 42.3 Å². The first kappa shape index (κ1) is 17.0. The first-order valence-corrected chi connectivity index (χ1v) is 9.33. The van der Waals surface area contributed by atoms with Crippen LogP contribution in [0.3, 0.4) is 0 Å². The molecule has 10 heteroatoms. The molecule has 2 aromatic rings. The summed E-state index contributed by atoms with van der Waals surface area (Å²) in [6, 6.07) is 5.78. The maximum absolute atomic E-state index is 12.2. The van der Waals surface area contributed by atoms with E-state index in [1.165, 1.54) is 11.8 Å². The minimum atomic E-state index is -0.288. The second-order valence-corrected chi connectivity index (χ2v) is 7.36. The molecule has 1 atom stereocenters. The van der Waals surface area contributed by atoms with Gasteiger partial charge in [0.05, 0.1) is 17.8 Å². The molecular formula is C16H19N5O4S. The molecule has 1 amide bonds. The Balaban J connectivity index is 1.20. The maximum atomic E-state index is 12.2. The van der Waals surface area contributed by atoms with Gasteiger partial charge in [0.25, 0.3) is 0 Å². The Morgan fingerprint density at radius 2 is 2.27 bits per heavy atom. The van der Waals surface area contributed by atoms with Gasteiger partial charge in [-0.25, -0.2) is 4.68 Å². The monoisotopic (exact) mass is 377 g/mol. The lowest BCUT2D eigenvalue weighted by atomic mass is 10.3. The first-order valence-electron chi connectivity index (χ1n) is 8.45. The molecule has 1 aliphatic carbocycles. The summed E-state index contributed by atoms with van der Waals surface area (Å²) in [6.45, 7) is 2.84. The number of thioether (sulfide) groups is 1. The number of benzene rings is 1. The van der Waals surface area contributed by atoms with E-state index >= 15 is 0 Å². The van der Waals surface area contributed by atoms with Crippen LogP contribution in [0.25, 0.3) is 0 Å². The zero-order chi connectivity index (χ0) is 17.9. The van der Waals surface area contributed by atoms with Gasteiger partial charge < -0.3 is 19.5 Å². The second kappa shape index (κ2) is 7.40. The van der Waals surface area contributed by atoms with Crippen LogP contribution in [0.5, 0.6) is 17.2 Å². The Hall–Kier alpha value is -2.49. The van der Waals surface area contributed by atoms with E-state index in [0.717, 1.165) is 12.8 Å². The van der Waals surface area contributed by atoms with Gasteiger partial charge in [-0.1, -0.05) is 11.8 Å². The Labute approximate surface area is 154 Å². The molecule has 1 saturated carbocycles. The Morgan fingerprint density at radius 3 is 3.12 bits per heavy atom. The molecular weight excluding hydrogens is 358 g/mol. The molecule has 0 radical (unpaired) electrons. The van der Waals surface area contributed by atoms with Crippen molar-refractivity contribution in [2.24, 2.45) is 0 Å². The number of ether oxygens (including phenoxy) is 3. The van der Waals surface area contributed by atoms with Gasteiger partial charge >= 0.3 is 0 Å². The summed E-state index contributed by atoms with van der Waals surface area (Å²) in [5, 5.41) is 15.0. The number of fused-ring (bicyclic) bond motifs is 1. The fourth-order valence-electron chi connectivity index (χ4n) is 2.48. The van der Waals surface area contributed by atoms with E-state index in [1.54, 1.807) is 16.8 Å². The number of amides is 1. The molecule has 1 N–H and O–H groups in total. The molecule has 9 nitrogen and oxygen atoms in total. The third-order valence-electron chi connectivity index (χ3n) is 4.02. The predicted molar refractivity (Wildman–Crippen MR) is 92.5 cm³/mol. The number of tetrazole rings is 1. The summed E-state index contributed by atoms with van der Waals surface area (Å²) in [5.74, 6) is 1.99. The molecule has 1 aliphatic heterocycles. The zero-order valence-electron chi connectivity index (χ0n) is 14.3. The standard InChI is InChI=1S/C16H19N5O4S/c1-10(26-16-18-19-20-21(16)11-2-3-11)15(22)17-6-7-23-12-4-5-13-14(8-12)25-9-24-13/h4-5,8,10-11H,2-3,6-7,9H2,1H3,(H,17,22). The summed E-state index contributed by atoms with van der Waals surface area (Å²) in [4.78, 5) is 12.2. The number of carbonyl (C=O) groups is 1. The van der Waals surface area contributed by atoms with E-state index in [1.807, 2.05) is 13.0 Å². The molecule has 1 fully saturated rings. The van der Waals surface area contributed by atoms with Crippen molar-refractivity contribution in [3.8, 4) is 17.2 Å². The summed E-state index contributed by atoms with van der Waals surface area (Å²) in [5.41, 5.74) is 0. The van der Waals surface area contributed by atoms with Gasteiger partial charge in [0.15, 0.2) is 11.5 Å². The van der Waals surface area contributed by atoms with Gasteiger partial charge in [-0.15, -0.1) is 5.10 Å². The van der Waals surface area contributed by atoms with Crippen LogP contribution < -0.4 is 19.5 Å². The number of hydrogen-bond acceptors (Lipinski definition) is 8. The van der Waals surface area contributed by atoms with Gasteiger partial charge in [-0.2, -0.15) is 0 Å².